The van der Waals surface area contributed by atoms with Crippen LogP contribution in [0.3, 0.4) is 0 Å². The van der Waals surface area contributed by atoms with Crippen molar-refractivity contribution in [2.75, 3.05) is 13.1 Å². The van der Waals surface area contributed by atoms with Gasteiger partial charge in [-0.05, 0) is 30.4 Å². The van der Waals surface area contributed by atoms with Gasteiger partial charge < -0.3 is 4.90 Å². The lowest BCUT2D eigenvalue weighted by Crippen LogP contribution is -2.42. The van der Waals surface area contributed by atoms with E-state index in [1.54, 1.807) is 11.0 Å². The fourth-order valence-corrected chi connectivity index (χ4v) is 2.98. The highest BCUT2D eigenvalue weighted by molar-refractivity contribution is 6.32. The van der Waals surface area contributed by atoms with Crippen molar-refractivity contribution in [2.45, 2.75) is 20.3 Å². The number of piperidine rings is 1. The molecule has 2 unspecified atom stereocenters. The van der Waals surface area contributed by atoms with Crippen LogP contribution in [0.4, 0.5) is 5.69 Å². The quantitative estimate of drug-likeness (QED) is 0.621. The summed E-state index contributed by atoms with van der Waals surface area (Å²) in [4.78, 5) is 24.5. The van der Waals surface area contributed by atoms with Gasteiger partial charge in [-0.2, -0.15) is 0 Å². The lowest BCUT2D eigenvalue weighted by Gasteiger charge is -2.35. The van der Waals surface area contributed by atoms with Gasteiger partial charge in [0, 0.05) is 24.7 Å². The number of carbonyl (C=O) groups is 1. The highest BCUT2D eigenvalue weighted by Crippen LogP contribution is 2.27. The number of hydrogen-bond donors (Lipinski definition) is 0. The Hall–Kier alpha value is -1.62. The van der Waals surface area contributed by atoms with E-state index in [4.69, 9.17) is 11.6 Å². The van der Waals surface area contributed by atoms with Crippen LogP contribution < -0.4 is 0 Å². The third-order valence-electron chi connectivity index (χ3n) is 3.55. The molecule has 1 aliphatic rings. The maximum atomic E-state index is 12.4. The van der Waals surface area contributed by atoms with Crippen LogP contribution in [0, 0.1) is 22.0 Å². The van der Waals surface area contributed by atoms with Gasteiger partial charge in [0.05, 0.1) is 4.92 Å². The number of nitro groups is 1. The molecule has 1 aliphatic heterocycles. The van der Waals surface area contributed by atoms with E-state index >= 15 is 0 Å². The Bertz CT molecular complexity index is 537. The molecule has 2 rings (SSSR count). The van der Waals surface area contributed by atoms with E-state index in [0.29, 0.717) is 30.5 Å². The molecule has 0 bridgehead atoms. The molecule has 1 aromatic rings. The normalized spacial score (nSPS) is 22.6. The Balaban J connectivity index is 2.25. The number of likely N-dealkylation sites (tertiary alicyclic amines) is 1. The average Bonchev–Trinajstić information content (AvgIpc) is 2.37. The molecule has 1 amide bonds. The summed E-state index contributed by atoms with van der Waals surface area (Å²) in [6.07, 6.45) is 1.10. The minimum absolute atomic E-state index is 0.0481. The Morgan fingerprint density at radius 1 is 1.35 bits per heavy atom. The van der Waals surface area contributed by atoms with E-state index in [0.717, 1.165) is 6.42 Å². The van der Waals surface area contributed by atoms with Gasteiger partial charge in [0.15, 0.2) is 0 Å². The lowest BCUT2D eigenvalue weighted by molar-refractivity contribution is -0.384. The van der Waals surface area contributed by atoms with E-state index in [-0.39, 0.29) is 16.6 Å². The molecule has 0 radical (unpaired) electrons. The van der Waals surface area contributed by atoms with Crippen LogP contribution in [-0.2, 0) is 0 Å². The SMILES string of the molecule is CC1CC(C)CN(C(=O)c2ccc(Cl)c([N+](=O)[O-])c2)C1. The Morgan fingerprint density at radius 3 is 2.50 bits per heavy atom. The third-order valence-corrected chi connectivity index (χ3v) is 3.87. The maximum Gasteiger partial charge on any atom is 0.288 e. The third kappa shape index (κ3) is 3.10. The molecule has 1 fully saturated rings. The second-order valence-electron chi connectivity index (χ2n) is 5.58. The number of benzene rings is 1. The number of hydrogen-bond acceptors (Lipinski definition) is 3. The topological polar surface area (TPSA) is 63.5 Å². The second kappa shape index (κ2) is 5.79. The number of nitrogens with zero attached hydrogens (tertiary/aromatic N) is 2. The zero-order valence-electron chi connectivity index (χ0n) is 11.5. The summed E-state index contributed by atoms with van der Waals surface area (Å²) >= 11 is 5.76. The highest BCUT2D eigenvalue weighted by Gasteiger charge is 2.27. The summed E-state index contributed by atoms with van der Waals surface area (Å²) in [6, 6.07) is 4.21. The first-order valence-corrected chi connectivity index (χ1v) is 6.99. The number of amides is 1. The summed E-state index contributed by atoms with van der Waals surface area (Å²) in [5, 5.41) is 10.9. The van der Waals surface area contributed by atoms with Gasteiger partial charge in [0.1, 0.15) is 5.02 Å². The predicted molar refractivity (Wildman–Crippen MR) is 77.0 cm³/mol. The van der Waals surface area contributed by atoms with Crippen molar-refractivity contribution in [1.29, 1.82) is 0 Å². The molecular weight excluding hydrogens is 280 g/mol. The van der Waals surface area contributed by atoms with Crippen molar-refractivity contribution in [1.82, 2.24) is 4.90 Å². The molecule has 6 heteroatoms. The molecule has 0 N–H and O–H groups in total. The van der Waals surface area contributed by atoms with Crippen LogP contribution in [0.5, 0.6) is 0 Å². The summed E-state index contributed by atoms with van der Waals surface area (Å²) in [5.74, 6) is 0.734. The van der Waals surface area contributed by atoms with Crippen LogP contribution in [-0.4, -0.2) is 28.8 Å². The molecule has 1 aromatic carbocycles. The zero-order valence-corrected chi connectivity index (χ0v) is 12.3. The van der Waals surface area contributed by atoms with Gasteiger partial charge in [-0.15, -0.1) is 0 Å². The number of carbonyl (C=O) groups excluding carboxylic acids is 1. The van der Waals surface area contributed by atoms with Crippen molar-refractivity contribution < 1.29 is 9.72 Å². The fourth-order valence-electron chi connectivity index (χ4n) is 2.80. The molecule has 1 saturated heterocycles. The van der Waals surface area contributed by atoms with Crippen LogP contribution in [0.25, 0.3) is 0 Å². The van der Waals surface area contributed by atoms with Crippen LogP contribution in [0.15, 0.2) is 18.2 Å². The van der Waals surface area contributed by atoms with Crippen LogP contribution in [0.2, 0.25) is 5.02 Å². The molecule has 0 saturated carbocycles. The molecule has 0 aromatic heterocycles. The second-order valence-corrected chi connectivity index (χ2v) is 5.99. The minimum Gasteiger partial charge on any atom is -0.338 e. The number of nitro benzene ring substituents is 1. The smallest absolute Gasteiger partial charge is 0.288 e. The highest BCUT2D eigenvalue weighted by atomic mass is 35.5. The van der Waals surface area contributed by atoms with E-state index in [1.165, 1.54) is 12.1 Å². The summed E-state index contributed by atoms with van der Waals surface area (Å²) in [5.41, 5.74) is 0.0954. The van der Waals surface area contributed by atoms with E-state index < -0.39 is 4.92 Å². The van der Waals surface area contributed by atoms with E-state index in [1.807, 2.05) is 0 Å². The summed E-state index contributed by atoms with van der Waals surface area (Å²) in [7, 11) is 0. The largest absolute Gasteiger partial charge is 0.338 e. The number of halogens is 1. The minimum atomic E-state index is -0.569. The van der Waals surface area contributed by atoms with E-state index in [9.17, 15) is 14.9 Å². The standard InChI is InChI=1S/C14H17ClN2O3/c1-9-5-10(2)8-16(7-9)14(18)11-3-4-12(15)13(6-11)17(19)20/h3-4,6,9-10H,5,7-8H2,1-2H3. The van der Waals surface area contributed by atoms with Crippen LogP contribution in [0.1, 0.15) is 30.6 Å². The van der Waals surface area contributed by atoms with Gasteiger partial charge in [-0.3, -0.25) is 14.9 Å². The molecular formula is C14H17ClN2O3. The lowest BCUT2D eigenvalue weighted by atomic mass is 9.91. The maximum absolute atomic E-state index is 12.4. The molecule has 108 valence electrons. The molecule has 20 heavy (non-hydrogen) atoms. The molecule has 2 atom stereocenters. The summed E-state index contributed by atoms with van der Waals surface area (Å²) in [6.45, 7) is 5.61. The molecule has 0 aliphatic carbocycles. The van der Waals surface area contributed by atoms with Gasteiger partial charge in [0.2, 0.25) is 0 Å². The van der Waals surface area contributed by atoms with Crippen molar-refractivity contribution >= 4 is 23.2 Å². The van der Waals surface area contributed by atoms with Gasteiger partial charge in [-0.25, -0.2) is 0 Å². The Morgan fingerprint density at radius 2 is 1.95 bits per heavy atom. The average molecular weight is 297 g/mol. The van der Waals surface area contributed by atoms with Crippen LogP contribution >= 0.6 is 11.6 Å². The molecule has 1 heterocycles. The summed E-state index contributed by atoms with van der Waals surface area (Å²) < 4.78 is 0. The van der Waals surface area contributed by atoms with Crippen molar-refractivity contribution in [3.8, 4) is 0 Å². The molecule has 5 nitrogen and oxygen atoms in total. The van der Waals surface area contributed by atoms with Gasteiger partial charge in [0.25, 0.3) is 11.6 Å². The first kappa shape index (κ1) is 14.8. The van der Waals surface area contributed by atoms with Crippen molar-refractivity contribution in [2.24, 2.45) is 11.8 Å². The van der Waals surface area contributed by atoms with Gasteiger partial charge >= 0.3 is 0 Å². The zero-order chi connectivity index (χ0) is 14.9. The predicted octanol–water partition coefficient (Wildman–Crippen LogP) is 3.37. The number of rotatable bonds is 2. The monoisotopic (exact) mass is 296 g/mol. The van der Waals surface area contributed by atoms with Crippen molar-refractivity contribution in [3.05, 3.63) is 38.9 Å². The van der Waals surface area contributed by atoms with Crippen molar-refractivity contribution in [3.63, 3.8) is 0 Å². The Kier molecular flexibility index (Phi) is 4.28. The fraction of sp³-hybridized carbons (Fsp3) is 0.500. The first-order chi connectivity index (χ1) is 9.38. The van der Waals surface area contributed by atoms with Gasteiger partial charge in [-0.1, -0.05) is 25.4 Å². The molecule has 0 spiro atoms. The van der Waals surface area contributed by atoms with E-state index in [2.05, 4.69) is 13.8 Å². The first-order valence-electron chi connectivity index (χ1n) is 6.61. The Labute approximate surface area is 122 Å².